The molecule has 0 radical (unpaired) electrons. The van der Waals surface area contributed by atoms with E-state index in [9.17, 15) is 0 Å². The maximum atomic E-state index is 6.31. The lowest BCUT2D eigenvalue weighted by atomic mass is 10.1. The van der Waals surface area contributed by atoms with Gasteiger partial charge >= 0.3 is 0 Å². The van der Waals surface area contributed by atoms with Crippen LogP contribution in [-0.2, 0) is 0 Å². The number of hydrogen-bond donors (Lipinski definition) is 0. The smallest absolute Gasteiger partial charge is 0.126 e. The van der Waals surface area contributed by atoms with Crippen molar-refractivity contribution in [2.45, 2.75) is 5.38 Å². The first-order valence-corrected chi connectivity index (χ1v) is 5.96. The lowest BCUT2D eigenvalue weighted by Gasteiger charge is -2.10. The molecule has 2 nitrogen and oxygen atoms in total. The van der Waals surface area contributed by atoms with Gasteiger partial charge in [0.15, 0.2) is 0 Å². The summed E-state index contributed by atoms with van der Waals surface area (Å²) in [5.41, 5.74) is 0.956. The van der Waals surface area contributed by atoms with Gasteiger partial charge in [-0.1, -0.05) is 22.0 Å². The molecule has 1 heterocycles. The van der Waals surface area contributed by atoms with Crippen LogP contribution in [0.1, 0.15) is 16.7 Å². The Morgan fingerprint density at radius 2 is 2.19 bits per heavy atom. The van der Waals surface area contributed by atoms with Crippen molar-refractivity contribution in [3.63, 3.8) is 0 Å². The van der Waals surface area contributed by atoms with E-state index in [4.69, 9.17) is 20.8 Å². The van der Waals surface area contributed by atoms with Crippen molar-refractivity contribution in [2.24, 2.45) is 0 Å². The zero-order valence-corrected chi connectivity index (χ0v) is 11.0. The van der Waals surface area contributed by atoms with Crippen LogP contribution in [0.15, 0.2) is 45.5 Å². The fraction of sp³-hybridized carbons (Fsp3) is 0.167. The molecule has 0 bridgehead atoms. The number of benzene rings is 1. The topological polar surface area (TPSA) is 22.4 Å². The predicted molar refractivity (Wildman–Crippen MR) is 67.1 cm³/mol. The van der Waals surface area contributed by atoms with Gasteiger partial charge in [0.25, 0.3) is 0 Å². The van der Waals surface area contributed by atoms with Crippen LogP contribution in [0, 0.1) is 0 Å². The van der Waals surface area contributed by atoms with Crippen LogP contribution in [0.3, 0.4) is 0 Å². The quantitative estimate of drug-likeness (QED) is 0.785. The predicted octanol–water partition coefficient (Wildman–Crippen LogP) is 4.38. The van der Waals surface area contributed by atoms with E-state index in [0.717, 1.165) is 21.5 Å². The third kappa shape index (κ3) is 2.25. The van der Waals surface area contributed by atoms with Gasteiger partial charge in [0.1, 0.15) is 16.9 Å². The molecule has 0 aliphatic rings. The zero-order chi connectivity index (χ0) is 11.5. The molecule has 0 amide bonds. The minimum atomic E-state index is -0.296. The Bertz CT molecular complexity index is 468. The van der Waals surface area contributed by atoms with Crippen molar-refractivity contribution in [3.8, 4) is 5.75 Å². The van der Waals surface area contributed by atoms with Gasteiger partial charge in [0.2, 0.25) is 0 Å². The van der Waals surface area contributed by atoms with Crippen molar-refractivity contribution >= 4 is 27.5 Å². The van der Waals surface area contributed by atoms with Gasteiger partial charge in [-0.3, -0.25) is 0 Å². The highest BCUT2D eigenvalue weighted by Crippen LogP contribution is 2.35. The Kier molecular flexibility index (Phi) is 3.56. The fourth-order valence-corrected chi connectivity index (χ4v) is 2.46. The normalized spacial score (nSPS) is 12.4. The molecule has 1 aromatic heterocycles. The Morgan fingerprint density at radius 1 is 1.38 bits per heavy atom. The van der Waals surface area contributed by atoms with E-state index in [1.807, 2.05) is 30.3 Å². The fourth-order valence-electron chi connectivity index (χ4n) is 1.43. The molecule has 16 heavy (non-hydrogen) atoms. The van der Waals surface area contributed by atoms with E-state index in [0.29, 0.717) is 0 Å². The van der Waals surface area contributed by atoms with Crippen LogP contribution in [0.2, 0.25) is 0 Å². The first-order valence-electron chi connectivity index (χ1n) is 4.73. The maximum Gasteiger partial charge on any atom is 0.126 e. The summed E-state index contributed by atoms with van der Waals surface area (Å²) in [7, 11) is 1.63. The van der Waals surface area contributed by atoms with Crippen LogP contribution >= 0.6 is 27.5 Å². The second-order valence-electron chi connectivity index (χ2n) is 3.27. The number of furan rings is 1. The van der Waals surface area contributed by atoms with E-state index in [2.05, 4.69) is 15.9 Å². The molecule has 0 fully saturated rings. The molecular weight excluding hydrogens is 291 g/mol. The lowest BCUT2D eigenvalue weighted by Crippen LogP contribution is -1.93. The van der Waals surface area contributed by atoms with Gasteiger partial charge < -0.3 is 9.15 Å². The van der Waals surface area contributed by atoms with Crippen molar-refractivity contribution in [1.82, 2.24) is 0 Å². The molecule has 1 aromatic carbocycles. The summed E-state index contributed by atoms with van der Waals surface area (Å²) < 4.78 is 11.3. The molecular formula is C12H10BrClO2. The van der Waals surface area contributed by atoms with Crippen LogP contribution in [-0.4, -0.2) is 7.11 Å². The second kappa shape index (κ2) is 4.93. The molecule has 1 atom stereocenters. The number of rotatable bonds is 3. The molecule has 84 valence electrons. The molecule has 0 spiro atoms. The Morgan fingerprint density at radius 3 is 2.75 bits per heavy atom. The largest absolute Gasteiger partial charge is 0.497 e. The summed E-state index contributed by atoms with van der Waals surface area (Å²) in [4.78, 5) is 0. The van der Waals surface area contributed by atoms with Gasteiger partial charge in [0, 0.05) is 4.47 Å². The van der Waals surface area contributed by atoms with Gasteiger partial charge in [-0.25, -0.2) is 0 Å². The van der Waals surface area contributed by atoms with Crippen molar-refractivity contribution in [2.75, 3.05) is 7.11 Å². The van der Waals surface area contributed by atoms with Gasteiger partial charge in [0.05, 0.1) is 13.4 Å². The SMILES string of the molecule is COc1ccc(C(Cl)c2ccco2)c(Br)c1. The molecule has 2 aromatic rings. The summed E-state index contributed by atoms with van der Waals surface area (Å²) in [6.45, 7) is 0. The van der Waals surface area contributed by atoms with Crippen LogP contribution in [0.4, 0.5) is 0 Å². The van der Waals surface area contributed by atoms with E-state index in [1.54, 1.807) is 13.4 Å². The molecule has 0 N–H and O–H groups in total. The highest BCUT2D eigenvalue weighted by Gasteiger charge is 2.16. The Labute approximate surface area is 107 Å². The average molecular weight is 302 g/mol. The van der Waals surface area contributed by atoms with Gasteiger partial charge in [-0.2, -0.15) is 0 Å². The Balaban J connectivity index is 2.34. The van der Waals surface area contributed by atoms with Crippen molar-refractivity contribution in [3.05, 3.63) is 52.4 Å². The molecule has 0 aliphatic heterocycles. The summed E-state index contributed by atoms with van der Waals surface area (Å²) in [5.74, 6) is 1.52. The minimum absolute atomic E-state index is 0.296. The third-order valence-corrected chi connectivity index (χ3v) is 3.41. The molecule has 2 rings (SSSR count). The summed E-state index contributed by atoms with van der Waals surface area (Å²) in [5, 5.41) is -0.296. The van der Waals surface area contributed by atoms with E-state index in [-0.39, 0.29) is 5.38 Å². The highest BCUT2D eigenvalue weighted by molar-refractivity contribution is 9.10. The van der Waals surface area contributed by atoms with Gasteiger partial charge in [-0.15, -0.1) is 11.6 Å². The highest BCUT2D eigenvalue weighted by atomic mass is 79.9. The molecule has 4 heteroatoms. The number of ether oxygens (including phenoxy) is 1. The van der Waals surface area contributed by atoms with Crippen LogP contribution in [0.25, 0.3) is 0 Å². The Hall–Kier alpha value is -0.930. The van der Waals surface area contributed by atoms with E-state index in [1.165, 1.54) is 0 Å². The second-order valence-corrected chi connectivity index (χ2v) is 4.56. The third-order valence-electron chi connectivity index (χ3n) is 2.27. The minimum Gasteiger partial charge on any atom is -0.497 e. The van der Waals surface area contributed by atoms with Crippen molar-refractivity contribution in [1.29, 1.82) is 0 Å². The summed E-state index contributed by atoms with van der Waals surface area (Å²) >= 11 is 9.78. The summed E-state index contributed by atoms with van der Waals surface area (Å²) in [6.07, 6.45) is 1.61. The average Bonchev–Trinajstić information content (AvgIpc) is 2.81. The molecule has 0 aliphatic carbocycles. The van der Waals surface area contributed by atoms with E-state index < -0.39 is 0 Å². The van der Waals surface area contributed by atoms with Crippen LogP contribution < -0.4 is 4.74 Å². The van der Waals surface area contributed by atoms with Crippen molar-refractivity contribution < 1.29 is 9.15 Å². The lowest BCUT2D eigenvalue weighted by molar-refractivity contribution is 0.414. The molecule has 0 saturated heterocycles. The number of alkyl halides is 1. The number of methoxy groups -OCH3 is 1. The first kappa shape index (κ1) is 11.6. The molecule has 0 saturated carbocycles. The first-order chi connectivity index (χ1) is 7.72. The monoisotopic (exact) mass is 300 g/mol. The number of hydrogen-bond acceptors (Lipinski definition) is 2. The van der Waals surface area contributed by atoms with Crippen LogP contribution in [0.5, 0.6) is 5.75 Å². The summed E-state index contributed by atoms with van der Waals surface area (Å²) in [6, 6.07) is 9.35. The van der Waals surface area contributed by atoms with Gasteiger partial charge in [-0.05, 0) is 29.8 Å². The van der Waals surface area contributed by atoms with E-state index >= 15 is 0 Å². The standard InChI is InChI=1S/C12H10BrClO2/c1-15-8-4-5-9(10(13)7-8)12(14)11-3-2-6-16-11/h2-7,12H,1H3. The number of halogens is 2. The molecule has 1 unspecified atom stereocenters. The zero-order valence-electron chi connectivity index (χ0n) is 8.61. The maximum absolute atomic E-state index is 6.31.